The van der Waals surface area contributed by atoms with Crippen LogP contribution in [0.2, 0.25) is 0 Å². The Balaban J connectivity index is 1.37. The van der Waals surface area contributed by atoms with E-state index in [0.29, 0.717) is 31.3 Å². The van der Waals surface area contributed by atoms with Gasteiger partial charge in [-0.25, -0.2) is 0 Å². The smallest absolute Gasteiger partial charge is 0.381 e. The molecule has 2 saturated heterocycles. The number of halogens is 3. The minimum atomic E-state index is -4.46. The van der Waals surface area contributed by atoms with Crippen molar-refractivity contribution >= 4 is 22.6 Å². The van der Waals surface area contributed by atoms with Crippen LogP contribution in [-0.4, -0.2) is 78.6 Å². The van der Waals surface area contributed by atoms with Gasteiger partial charge in [0.25, 0.3) is 0 Å². The molecule has 0 bridgehead atoms. The Kier molecular flexibility index (Phi) is 7.20. The molecule has 8 nitrogen and oxygen atoms in total. The fraction of sp³-hybridized carbons (Fsp3) is 0.545. The van der Waals surface area contributed by atoms with Gasteiger partial charge in [-0.2, -0.15) is 18.3 Å². The molecule has 1 aromatic heterocycles. The number of anilines is 1. The Morgan fingerprint density at radius 3 is 2.85 bits per heavy atom. The lowest BCUT2D eigenvalue weighted by atomic mass is 10.1. The average Bonchev–Trinajstić information content (AvgIpc) is 3.39. The molecule has 0 saturated carbocycles. The van der Waals surface area contributed by atoms with E-state index < -0.39 is 11.7 Å². The van der Waals surface area contributed by atoms with Gasteiger partial charge < -0.3 is 20.1 Å². The van der Waals surface area contributed by atoms with Gasteiger partial charge in [0.2, 0.25) is 5.91 Å². The van der Waals surface area contributed by atoms with Crippen LogP contribution in [0.4, 0.5) is 19.0 Å². The zero-order valence-electron chi connectivity index (χ0n) is 18.2. The van der Waals surface area contributed by atoms with E-state index in [-0.39, 0.29) is 35.8 Å². The molecule has 0 aliphatic carbocycles. The first kappa shape index (κ1) is 23.5. The van der Waals surface area contributed by atoms with Gasteiger partial charge in [-0.1, -0.05) is 6.08 Å². The van der Waals surface area contributed by atoms with Crippen molar-refractivity contribution in [1.29, 1.82) is 0 Å². The molecule has 3 N–H and O–H groups in total. The Labute approximate surface area is 189 Å². The molecule has 0 spiro atoms. The van der Waals surface area contributed by atoms with Crippen LogP contribution < -0.4 is 10.6 Å². The molecule has 180 valence electrons. The summed E-state index contributed by atoms with van der Waals surface area (Å²) in [6, 6.07) is 3.52. The molecule has 2 atom stereocenters. The van der Waals surface area contributed by atoms with Crippen LogP contribution in [0.5, 0.6) is 0 Å². The zero-order valence-corrected chi connectivity index (χ0v) is 18.2. The molecule has 2 aromatic rings. The van der Waals surface area contributed by atoms with Crippen LogP contribution in [0.1, 0.15) is 18.4 Å². The van der Waals surface area contributed by atoms with Crippen molar-refractivity contribution in [3.63, 3.8) is 0 Å². The number of H-pyrrole nitrogens is 1. The standard InChI is InChI=1S/C22H28F3N5O3/c1-2-7-33-19-13-30(15-5-8-32-9-6-15)12-18(19)27-20(31)11-26-21-16-10-14(22(23,24)25)3-4-17(16)28-29-21/h2-4,10,15,18-19H,1,5-9,11-13H2,(H,27,31)(H2,26,28,29)/t18?,19-/m0/s1. The Hall–Kier alpha value is -2.63. The van der Waals surface area contributed by atoms with E-state index in [0.717, 1.165) is 38.2 Å². The first-order valence-electron chi connectivity index (χ1n) is 11.0. The number of amides is 1. The Morgan fingerprint density at radius 2 is 2.12 bits per heavy atom. The number of carbonyl (C=O) groups excluding carboxylic acids is 1. The summed E-state index contributed by atoms with van der Waals surface area (Å²) in [5.74, 6) is -0.0925. The third-order valence-electron chi connectivity index (χ3n) is 6.08. The van der Waals surface area contributed by atoms with E-state index in [1.165, 1.54) is 6.07 Å². The summed E-state index contributed by atoms with van der Waals surface area (Å²) >= 11 is 0. The number of ether oxygens (including phenoxy) is 2. The topological polar surface area (TPSA) is 91.5 Å². The highest BCUT2D eigenvalue weighted by Gasteiger charge is 2.38. The number of hydrogen-bond acceptors (Lipinski definition) is 6. The van der Waals surface area contributed by atoms with Crippen molar-refractivity contribution in [1.82, 2.24) is 20.4 Å². The third kappa shape index (κ3) is 5.66. The second kappa shape index (κ2) is 10.1. The number of carbonyl (C=O) groups is 1. The summed E-state index contributed by atoms with van der Waals surface area (Å²) in [4.78, 5) is 15.0. The number of aromatic amines is 1. The highest BCUT2D eigenvalue weighted by atomic mass is 19.4. The van der Waals surface area contributed by atoms with Crippen LogP contribution in [0.15, 0.2) is 30.9 Å². The lowest BCUT2D eigenvalue weighted by Gasteiger charge is -2.30. The Bertz CT molecular complexity index is 974. The van der Waals surface area contributed by atoms with E-state index in [2.05, 4.69) is 32.3 Å². The number of nitrogens with one attached hydrogen (secondary N) is 3. The van der Waals surface area contributed by atoms with Crippen molar-refractivity contribution in [3.05, 3.63) is 36.4 Å². The molecule has 1 aromatic carbocycles. The maximum atomic E-state index is 13.0. The number of hydrogen-bond donors (Lipinski definition) is 3. The number of alkyl halides is 3. The first-order valence-corrected chi connectivity index (χ1v) is 11.0. The van der Waals surface area contributed by atoms with E-state index in [1.807, 2.05) is 0 Å². The van der Waals surface area contributed by atoms with Gasteiger partial charge in [0, 0.05) is 37.7 Å². The minimum Gasteiger partial charge on any atom is -0.381 e. The molecule has 2 aliphatic rings. The van der Waals surface area contributed by atoms with Crippen molar-refractivity contribution in [2.24, 2.45) is 0 Å². The van der Waals surface area contributed by atoms with Crippen molar-refractivity contribution in [3.8, 4) is 0 Å². The summed E-state index contributed by atoms with van der Waals surface area (Å²) in [5.41, 5.74) is -0.322. The maximum absolute atomic E-state index is 13.0. The van der Waals surface area contributed by atoms with Crippen LogP contribution in [-0.2, 0) is 20.4 Å². The van der Waals surface area contributed by atoms with Gasteiger partial charge in [0.15, 0.2) is 5.82 Å². The summed E-state index contributed by atoms with van der Waals surface area (Å²) < 4.78 is 50.5. The second-order valence-corrected chi connectivity index (χ2v) is 8.32. The minimum absolute atomic E-state index is 0.127. The highest BCUT2D eigenvalue weighted by Crippen LogP contribution is 2.32. The number of aromatic nitrogens is 2. The summed E-state index contributed by atoms with van der Waals surface area (Å²) in [7, 11) is 0. The van der Waals surface area contributed by atoms with Crippen LogP contribution in [0.25, 0.3) is 10.9 Å². The fourth-order valence-corrected chi connectivity index (χ4v) is 4.40. The normalized spacial score (nSPS) is 22.5. The first-order chi connectivity index (χ1) is 15.8. The molecule has 2 fully saturated rings. The van der Waals surface area contributed by atoms with Gasteiger partial charge in [-0.05, 0) is 31.0 Å². The van der Waals surface area contributed by atoms with Gasteiger partial charge in [0.1, 0.15) is 0 Å². The summed E-state index contributed by atoms with van der Waals surface area (Å²) in [6.45, 7) is 6.78. The van der Waals surface area contributed by atoms with Gasteiger partial charge >= 0.3 is 6.18 Å². The molecule has 1 unspecified atom stereocenters. The highest BCUT2D eigenvalue weighted by molar-refractivity contribution is 5.92. The molecular weight excluding hydrogens is 439 g/mol. The fourth-order valence-electron chi connectivity index (χ4n) is 4.40. The zero-order chi connectivity index (χ0) is 23.4. The van der Waals surface area contributed by atoms with Crippen molar-refractivity contribution in [2.75, 3.05) is 44.8 Å². The van der Waals surface area contributed by atoms with Crippen molar-refractivity contribution in [2.45, 2.75) is 37.2 Å². The SMILES string of the molecule is C=CCO[C@H]1CN(C2CCOCC2)CC1NC(=O)CNc1n[nH]c2ccc(C(F)(F)F)cc12. The third-order valence-corrected chi connectivity index (χ3v) is 6.08. The van der Waals surface area contributed by atoms with Crippen LogP contribution in [0.3, 0.4) is 0 Å². The number of nitrogens with zero attached hydrogens (tertiary/aromatic N) is 2. The van der Waals surface area contributed by atoms with E-state index in [4.69, 9.17) is 9.47 Å². The molecule has 33 heavy (non-hydrogen) atoms. The number of rotatable bonds is 8. The average molecular weight is 467 g/mol. The predicted molar refractivity (Wildman–Crippen MR) is 117 cm³/mol. The van der Waals surface area contributed by atoms with Crippen molar-refractivity contribution < 1.29 is 27.4 Å². The van der Waals surface area contributed by atoms with Gasteiger partial charge in [-0.3, -0.25) is 14.8 Å². The van der Waals surface area contributed by atoms with Crippen LogP contribution in [0, 0.1) is 0 Å². The monoisotopic (exact) mass is 467 g/mol. The quantitative estimate of drug-likeness (QED) is 0.517. The van der Waals surface area contributed by atoms with E-state index >= 15 is 0 Å². The number of likely N-dealkylation sites (tertiary alicyclic amines) is 1. The van der Waals surface area contributed by atoms with E-state index in [9.17, 15) is 18.0 Å². The second-order valence-electron chi connectivity index (χ2n) is 8.32. The largest absolute Gasteiger partial charge is 0.416 e. The molecule has 1 amide bonds. The van der Waals surface area contributed by atoms with Crippen LogP contribution >= 0.6 is 0 Å². The molecule has 4 rings (SSSR count). The molecular formula is C22H28F3N5O3. The molecule has 0 radical (unpaired) electrons. The summed E-state index contributed by atoms with van der Waals surface area (Å²) in [5, 5.41) is 12.8. The lowest BCUT2D eigenvalue weighted by molar-refractivity contribution is -0.137. The molecule has 11 heteroatoms. The molecule has 3 heterocycles. The van der Waals surface area contributed by atoms with Gasteiger partial charge in [0.05, 0.1) is 36.4 Å². The predicted octanol–water partition coefficient (Wildman–Crippen LogP) is 2.54. The number of fused-ring (bicyclic) bond motifs is 1. The van der Waals surface area contributed by atoms with E-state index in [1.54, 1.807) is 6.08 Å². The summed E-state index contributed by atoms with van der Waals surface area (Å²) in [6.07, 6.45) is -1.06. The maximum Gasteiger partial charge on any atom is 0.416 e. The number of benzene rings is 1. The van der Waals surface area contributed by atoms with Gasteiger partial charge in [-0.15, -0.1) is 6.58 Å². The Morgan fingerprint density at radius 1 is 1.33 bits per heavy atom. The molecule has 2 aliphatic heterocycles. The lowest BCUT2D eigenvalue weighted by Crippen LogP contribution is -2.46.